The SMILES string of the molecule is COC1(c2cc(F)cc(Sc3ccc(C(=NO)c4nccs4)cc3)c2)CCOCC1. The van der Waals surface area contributed by atoms with E-state index in [9.17, 15) is 9.60 Å². The minimum absolute atomic E-state index is 0.284. The molecule has 3 aromatic rings. The van der Waals surface area contributed by atoms with E-state index in [1.807, 2.05) is 35.7 Å². The molecule has 0 saturated carbocycles. The van der Waals surface area contributed by atoms with Crippen LogP contribution < -0.4 is 0 Å². The van der Waals surface area contributed by atoms with E-state index >= 15 is 0 Å². The van der Waals surface area contributed by atoms with Crippen molar-refractivity contribution in [3.8, 4) is 0 Å². The van der Waals surface area contributed by atoms with Crippen LogP contribution in [0.4, 0.5) is 4.39 Å². The smallest absolute Gasteiger partial charge is 0.145 e. The second kappa shape index (κ2) is 9.26. The quantitative estimate of drug-likeness (QED) is 0.317. The molecule has 8 heteroatoms. The largest absolute Gasteiger partial charge is 0.410 e. The van der Waals surface area contributed by atoms with E-state index < -0.39 is 5.60 Å². The number of thiazole rings is 1. The predicted octanol–water partition coefficient (Wildman–Crippen LogP) is 5.31. The molecule has 156 valence electrons. The lowest BCUT2D eigenvalue weighted by molar-refractivity contribution is -0.0950. The average molecular weight is 445 g/mol. The van der Waals surface area contributed by atoms with Gasteiger partial charge in [-0.2, -0.15) is 0 Å². The van der Waals surface area contributed by atoms with Gasteiger partial charge in [0, 0.05) is 60.1 Å². The summed E-state index contributed by atoms with van der Waals surface area (Å²) >= 11 is 2.88. The van der Waals surface area contributed by atoms with Crippen LogP contribution in [-0.4, -0.2) is 36.2 Å². The molecule has 0 atom stereocenters. The molecule has 0 aliphatic carbocycles. The lowest BCUT2D eigenvalue weighted by Gasteiger charge is -2.36. The molecule has 0 radical (unpaired) electrons. The first-order valence-electron chi connectivity index (χ1n) is 9.48. The van der Waals surface area contributed by atoms with Gasteiger partial charge in [0.05, 0.1) is 5.60 Å². The van der Waals surface area contributed by atoms with Crippen molar-refractivity contribution in [3.05, 3.63) is 76.0 Å². The van der Waals surface area contributed by atoms with Crippen molar-refractivity contribution in [2.45, 2.75) is 28.2 Å². The molecule has 0 bridgehead atoms. The van der Waals surface area contributed by atoms with Gasteiger partial charge in [-0.1, -0.05) is 29.1 Å². The van der Waals surface area contributed by atoms with Crippen LogP contribution >= 0.6 is 23.1 Å². The van der Waals surface area contributed by atoms with Crippen molar-refractivity contribution < 1.29 is 19.1 Å². The van der Waals surface area contributed by atoms with Gasteiger partial charge in [0.15, 0.2) is 0 Å². The molecule has 0 spiro atoms. The van der Waals surface area contributed by atoms with Crippen molar-refractivity contribution in [3.63, 3.8) is 0 Å². The zero-order valence-electron chi connectivity index (χ0n) is 16.4. The fraction of sp³-hybridized carbons (Fsp3) is 0.273. The molecule has 0 amide bonds. The van der Waals surface area contributed by atoms with Crippen LogP contribution in [-0.2, 0) is 15.1 Å². The molecule has 2 aromatic carbocycles. The molecule has 0 unspecified atom stereocenters. The highest BCUT2D eigenvalue weighted by Crippen LogP contribution is 2.39. The number of hydrogen-bond acceptors (Lipinski definition) is 7. The molecule has 4 rings (SSSR count). The zero-order chi connectivity index (χ0) is 21.0. The molecule has 1 saturated heterocycles. The topological polar surface area (TPSA) is 63.9 Å². The molecule has 1 aliphatic rings. The Balaban J connectivity index is 1.57. The van der Waals surface area contributed by atoms with E-state index in [0.29, 0.717) is 36.8 Å². The molecule has 2 heterocycles. The normalized spacial score (nSPS) is 16.5. The van der Waals surface area contributed by atoms with Crippen LogP contribution in [0.15, 0.2) is 69.0 Å². The van der Waals surface area contributed by atoms with Gasteiger partial charge in [-0.15, -0.1) is 11.3 Å². The summed E-state index contributed by atoms with van der Waals surface area (Å²) in [6, 6.07) is 12.7. The number of oxime groups is 1. The van der Waals surface area contributed by atoms with Gasteiger partial charge in [-0.25, -0.2) is 9.37 Å². The second-order valence-corrected chi connectivity index (χ2v) is 8.94. The van der Waals surface area contributed by atoms with E-state index in [0.717, 1.165) is 20.9 Å². The molecule has 1 fully saturated rings. The molecule has 1 N–H and O–H groups in total. The Bertz CT molecular complexity index is 1020. The Morgan fingerprint density at radius 1 is 1.20 bits per heavy atom. The third-order valence-corrected chi connectivity index (χ3v) is 6.95. The lowest BCUT2D eigenvalue weighted by Crippen LogP contribution is -2.35. The monoisotopic (exact) mass is 444 g/mol. The van der Waals surface area contributed by atoms with Gasteiger partial charge in [0.2, 0.25) is 0 Å². The van der Waals surface area contributed by atoms with Crippen LogP contribution in [0.5, 0.6) is 0 Å². The summed E-state index contributed by atoms with van der Waals surface area (Å²) < 4.78 is 25.7. The maximum Gasteiger partial charge on any atom is 0.145 e. The number of benzene rings is 2. The van der Waals surface area contributed by atoms with Gasteiger partial charge >= 0.3 is 0 Å². The first-order chi connectivity index (χ1) is 14.6. The predicted molar refractivity (Wildman–Crippen MR) is 115 cm³/mol. The zero-order valence-corrected chi connectivity index (χ0v) is 18.0. The van der Waals surface area contributed by atoms with E-state index in [2.05, 4.69) is 10.1 Å². The second-order valence-electron chi connectivity index (χ2n) is 6.90. The van der Waals surface area contributed by atoms with Gasteiger partial charge in [-0.3, -0.25) is 0 Å². The van der Waals surface area contributed by atoms with E-state index in [4.69, 9.17) is 9.47 Å². The summed E-state index contributed by atoms with van der Waals surface area (Å²) in [5.41, 5.74) is 1.51. The first-order valence-corrected chi connectivity index (χ1v) is 11.2. The van der Waals surface area contributed by atoms with Gasteiger partial charge in [0.25, 0.3) is 0 Å². The van der Waals surface area contributed by atoms with Crippen molar-refractivity contribution >= 4 is 28.8 Å². The molecule has 30 heavy (non-hydrogen) atoms. The highest BCUT2D eigenvalue weighted by Gasteiger charge is 2.35. The van der Waals surface area contributed by atoms with Gasteiger partial charge < -0.3 is 14.7 Å². The highest BCUT2D eigenvalue weighted by atomic mass is 32.2. The van der Waals surface area contributed by atoms with Crippen LogP contribution in [0.1, 0.15) is 29.0 Å². The van der Waals surface area contributed by atoms with E-state index in [1.165, 1.54) is 29.2 Å². The summed E-state index contributed by atoms with van der Waals surface area (Å²) in [6.07, 6.45) is 3.07. The summed E-state index contributed by atoms with van der Waals surface area (Å²) in [4.78, 5) is 5.94. The van der Waals surface area contributed by atoms with Crippen LogP contribution in [0, 0.1) is 5.82 Å². The van der Waals surface area contributed by atoms with Crippen molar-refractivity contribution in [1.29, 1.82) is 0 Å². The summed E-state index contributed by atoms with van der Waals surface area (Å²) in [5, 5.41) is 15.2. The van der Waals surface area contributed by atoms with Crippen LogP contribution in [0.3, 0.4) is 0 Å². The third-order valence-electron chi connectivity index (χ3n) is 5.19. The minimum Gasteiger partial charge on any atom is -0.410 e. The molecule has 1 aromatic heterocycles. The Morgan fingerprint density at radius 3 is 2.60 bits per heavy atom. The number of hydrogen-bond donors (Lipinski definition) is 1. The number of halogens is 1. The molecule has 1 aliphatic heterocycles. The van der Waals surface area contributed by atoms with Crippen LogP contribution in [0.2, 0.25) is 0 Å². The Labute approximate surface area is 182 Å². The summed E-state index contributed by atoms with van der Waals surface area (Å²) in [7, 11) is 1.67. The molecular formula is C22H21FN2O3S2. The fourth-order valence-corrected chi connectivity index (χ4v) is 5.12. The molecular weight excluding hydrogens is 423 g/mol. The maximum absolute atomic E-state index is 14.4. The highest BCUT2D eigenvalue weighted by molar-refractivity contribution is 7.99. The lowest BCUT2D eigenvalue weighted by atomic mass is 9.86. The van der Waals surface area contributed by atoms with Crippen molar-refractivity contribution in [2.24, 2.45) is 5.16 Å². The number of methoxy groups -OCH3 is 1. The summed E-state index contributed by atoms with van der Waals surface area (Å²) in [6.45, 7) is 1.20. The maximum atomic E-state index is 14.4. The number of rotatable bonds is 6. The van der Waals surface area contributed by atoms with Gasteiger partial charge in [0.1, 0.15) is 16.5 Å². The third kappa shape index (κ3) is 4.41. The standard InChI is InChI=1S/C22H21FN2O3S2/c1-27-22(6-9-28-10-7-22)16-12-17(23)14-19(13-16)30-18-4-2-15(3-5-18)20(25-26)21-24-8-11-29-21/h2-5,8,11-14,26H,6-7,9-10H2,1H3. The number of nitrogens with zero attached hydrogens (tertiary/aromatic N) is 2. The Kier molecular flexibility index (Phi) is 6.48. The van der Waals surface area contributed by atoms with E-state index in [1.54, 1.807) is 19.4 Å². The Morgan fingerprint density at radius 2 is 1.97 bits per heavy atom. The minimum atomic E-state index is -0.514. The van der Waals surface area contributed by atoms with Crippen molar-refractivity contribution in [1.82, 2.24) is 4.98 Å². The van der Waals surface area contributed by atoms with Crippen LogP contribution in [0.25, 0.3) is 0 Å². The first kappa shape index (κ1) is 21.0. The van der Waals surface area contributed by atoms with Crippen molar-refractivity contribution in [2.75, 3.05) is 20.3 Å². The average Bonchev–Trinajstić information content (AvgIpc) is 3.30. The Hall–Kier alpha value is -2.26. The number of ether oxygens (including phenoxy) is 2. The summed E-state index contributed by atoms with van der Waals surface area (Å²) in [5.74, 6) is -0.284. The fourth-order valence-electron chi connectivity index (χ4n) is 3.58. The number of aromatic nitrogens is 1. The van der Waals surface area contributed by atoms with E-state index in [-0.39, 0.29) is 5.82 Å². The van der Waals surface area contributed by atoms with Gasteiger partial charge in [-0.05, 0) is 35.9 Å². The molecule has 5 nitrogen and oxygen atoms in total.